The second kappa shape index (κ2) is 10.3. The van der Waals surface area contributed by atoms with E-state index in [0.29, 0.717) is 16.8 Å². The van der Waals surface area contributed by atoms with Gasteiger partial charge in [0.05, 0.1) is 28.8 Å². The van der Waals surface area contributed by atoms with Gasteiger partial charge in [0.25, 0.3) is 0 Å². The summed E-state index contributed by atoms with van der Waals surface area (Å²) in [7, 11) is 0. The largest absolute Gasteiger partial charge is 0.466 e. The highest BCUT2D eigenvalue weighted by Gasteiger charge is 2.32. The lowest BCUT2D eigenvalue weighted by molar-refractivity contribution is -0.142. The molecule has 0 N–H and O–H groups in total. The quantitative estimate of drug-likeness (QED) is 0.407. The summed E-state index contributed by atoms with van der Waals surface area (Å²) in [5.41, 5.74) is 2.04. The van der Waals surface area contributed by atoms with Gasteiger partial charge in [0, 0.05) is 32.2 Å². The van der Waals surface area contributed by atoms with Gasteiger partial charge in [-0.2, -0.15) is 13.2 Å². The summed E-state index contributed by atoms with van der Waals surface area (Å²) in [6.07, 6.45) is -3.19. The predicted octanol–water partition coefficient (Wildman–Crippen LogP) is 5.52. The Hall–Kier alpha value is -2.65. The van der Waals surface area contributed by atoms with Crippen LogP contribution in [0.1, 0.15) is 37.0 Å². The third-order valence-electron chi connectivity index (χ3n) is 6.04. The molecule has 3 aromatic rings. The van der Waals surface area contributed by atoms with Crippen molar-refractivity contribution in [2.45, 2.75) is 45.5 Å². The molecule has 1 aromatic heterocycles. The number of carbonyl (C=O) groups is 1. The van der Waals surface area contributed by atoms with E-state index in [9.17, 15) is 18.0 Å². The lowest BCUT2D eigenvalue weighted by Gasteiger charge is -2.41. The van der Waals surface area contributed by atoms with E-state index in [1.54, 1.807) is 6.92 Å². The van der Waals surface area contributed by atoms with Crippen molar-refractivity contribution in [1.29, 1.82) is 0 Å². The molecule has 2 aromatic carbocycles. The highest BCUT2D eigenvalue weighted by atomic mass is 32.1. The van der Waals surface area contributed by atoms with Crippen molar-refractivity contribution in [3.8, 4) is 0 Å². The zero-order valence-electron chi connectivity index (χ0n) is 19.3. The molecule has 1 aliphatic rings. The second-order valence-electron chi connectivity index (χ2n) is 8.47. The Morgan fingerprint density at radius 1 is 1.15 bits per heavy atom. The normalized spacial score (nSPS) is 17.3. The number of ether oxygens (including phenoxy) is 1. The third kappa shape index (κ3) is 5.70. The van der Waals surface area contributed by atoms with Crippen LogP contribution in [0.3, 0.4) is 0 Å². The summed E-state index contributed by atoms with van der Waals surface area (Å²) < 4.78 is 44.9. The second-order valence-corrected chi connectivity index (χ2v) is 9.48. The van der Waals surface area contributed by atoms with Crippen molar-refractivity contribution in [1.82, 2.24) is 9.88 Å². The van der Waals surface area contributed by atoms with Crippen LogP contribution < -0.4 is 4.90 Å². The fraction of sp³-hybridized carbons (Fsp3) is 0.440. The van der Waals surface area contributed by atoms with Gasteiger partial charge in [0.1, 0.15) is 0 Å². The number of rotatable bonds is 7. The Bertz CT molecular complexity index is 1150. The molecule has 0 unspecified atom stereocenters. The molecule has 34 heavy (non-hydrogen) atoms. The van der Waals surface area contributed by atoms with E-state index < -0.39 is 11.7 Å². The van der Waals surface area contributed by atoms with Crippen molar-refractivity contribution in [2.75, 3.05) is 31.1 Å². The number of hydrogen-bond acceptors (Lipinski definition) is 6. The fourth-order valence-electron chi connectivity index (χ4n) is 4.35. The smallest absolute Gasteiger partial charge is 0.416 e. The van der Waals surface area contributed by atoms with E-state index in [1.165, 1.54) is 23.5 Å². The van der Waals surface area contributed by atoms with E-state index in [-0.39, 0.29) is 18.4 Å². The molecule has 2 heterocycles. The Morgan fingerprint density at radius 3 is 2.68 bits per heavy atom. The summed E-state index contributed by atoms with van der Waals surface area (Å²) in [5, 5.41) is 0.775. The topological polar surface area (TPSA) is 45.7 Å². The predicted molar refractivity (Wildman–Crippen MR) is 128 cm³/mol. The molecule has 5 nitrogen and oxygen atoms in total. The van der Waals surface area contributed by atoms with Crippen LogP contribution in [0.2, 0.25) is 0 Å². The summed E-state index contributed by atoms with van der Waals surface area (Å²) in [5.74, 6) is -0.225. The maximum Gasteiger partial charge on any atom is 0.416 e. The standard InChI is InChI=1S/C25H28F3N3O2S/c1-3-20-16-30(15-18-7-5-6-17(12-18)13-23(32)33-4-2)10-11-31(20)24-29-21-9-8-19(25(26,27)28)14-22(21)34-24/h5-9,12,14,20H,3-4,10-11,13,15-16H2,1-2H3/t20-/m1/s1. The number of anilines is 1. The summed E-state index contributed by atoms with van der Waals surface area (Å²) >= 11 is 1.32. The number of fused-ring (bicyclic) bond motifs is 1. The number of alkyl halides is 3. The van der Waals surface area contributed by atoms with E-state index in [1.807, 2.05) is 12.1 Å². The molecule has 0 spiro atoms. The third-order valence-corrected chi connectivity index (χ3v) is 7.09. The molecule has 0 radical (unpaired) electrons. The molecule has 9 heteroatoms. The number of benzene rings is 2. The lowest BCUT2D eigenvalue weighted by atomic mass is 10.1. The molecule has 4 rings (SSSR count). The minimum atomic E-state index is -4.36. The van der Waals surface area contributed by atoms with Crippen molar-refractivity contribution in [3.05, 3.63) is 59.2 Å². The van der Waals surface area contributed by atoms with Crippen LogP contribution in [0, 0.1) is 0 Å². The van der Waals surface area contributed by atoms with Gasteiger partial charge in [-0.3, -0.25) is 9.69 Å². The fourth-order valence-corrected chi connectivity index (χ4v) is 5.45. The molecule has 0 amide bonds. The van der Waals surface area contributed by atoms with E-state index in [0.717, 1.165) is 54.9 Å². The number of thiazole rings is 1. The zero-order valence-corrected chi connectivity index (χ0v) is 20.1. The Labute approximate surface area is 201 Å². The van der Waals surface area contributed by atoms with Gasteiger partial charge in [-0.05, 0) is 42.7 Å². The Kier molecular flexibility index (Phi) is 7.42. The summed E-state index contributed by atoms with van der Waals surface area (Å²) in [4.78, 5) is 21.0. The molecular formula is C25H28F3N3O2S. The van der Waals surface area contributed by atoms with Gasteiger partial charge < -0.3 is 9.64 Å². The minimum Gasteiger partial charge on any atom is -0.466 e. The summed E-state index contributed by atoms with van der Waals surface area (Å²) in [6.45, 7) is 7.48. The molecular weight excluding hydrogens is 463 g/mol. The van der Waals surface area contributed by atoms with Crippen LogP contribution in [0.5, 0.6) is 0 Å². The molecule has 182 valence electrons. The molecule has 1 saturated heterocycles. The average Bonchev–Trinajstić information content (AvgIpc) is 3.22. The number of carbonyl (C=O) groups excluding carboxylic acids is 1. The van der Waals surface area contributed by atoms with Crippen LogP contribution in [0.4, 0.5) is 18.3 Å². The van der Waals surface area contributed by atoms with Gasteiger partial charge in [0.15, 0.2) is 5.13 Å². The maximum absolute atomic E-state index is 13.1. The number of aromatic nitrogens is 1. The van der Waals surface area contributed by atoms with Gasteiger partial charge in [-0.25, -0.2) is 4.98 Å². The lowest BCUT2D eigenvalue weighted by Crippen LogP contribution is -2.52. The molecule has 0 bridgehead atoms. The molecule has 1 aliphatic heterocycles. The van der Waals surface area contributed by atoms with Gasteiger partial charge in [-0.15, -0.1) is 0 Å². The van der Waals surface area contributed by atoms with Crippen LogP contribution in [-0.4, -0.2) is 48.1 Å². The highest BCUT2D eigenvalue weighted by molar-refractivity contribution is 7.22. The van der Waals surface area contributed by atoms with Crippen LogP contribution in [0.15, 0.2) is 42.5 Å². The first-order valence-corrected chi connectivity index (χ1v) is 12.3. The van der Waals surface area contributed by atoms with Crippen LogP contribution in [0.25, 0.3) is 10.2 Å². The highest BCUT2D eigenvalue weighted by Crippen LogP contribution is 2.36. The van der Waals surface area contributed by atoms with Crippen LogP contribution in [-0.2, 0) is 28.7 Å². The van der Waals surface area contributed by atoms with Crippen molar-refractivity contribution in [3.63, 3.8) is 0 Å². The number of halogens is 3. The van der Waals surface area contributed by atoms with Crippen LogP contribution >= 0.6 is 11.3 Å². The average molecular weight is 492 g/mol. The van der Waals surface area contributed by atoms with Gasteiger partial charge in [-0.1, -0.05) is 42.5 Å². The summed E-state index contributed by atoms with van der Waals surface area (Å²) in [6, 6.07) is 12.0. The molecule has 0 saturated carbocycles. The number of piperazine rings is 1. The molecule has 1 fully saturated rings. The first kappa shape index (κ1) is 24.5. The maximum atomic E-state index is 13.1. The first-order valence-electron chi connectivity index (χ1n) is 11.5. The van der Waals surface area contributed by atoms with Gasteiger partial charge >= 0.3 is 12.1 Å². The van der Waals surface area contributed by atoms with Crippen molar-refractivity contribution < 1.29 is 22.7 Å². The van der Waals surface area contributed by atoms with E-state index in [4.69, 9.17) is 4.74 Å². The zero-order chi connectivity index (χ0) is 24.3. The van der Waals surface area contributed by atoms with E-state index in [2.05, 4.69) is 33.8 Å². The van der Waals surface area contributed by atoms with Crippen molar-refractivity contribution >= 4 is 32.7 Å². The monoisotopic (exact) mass is 491 g/mol. The Morgan fingerprint density at radius 2 is 1.94 bits per heavy atom. The molecule has 1 atom stereocenters. The van der Waals surface area contributed by atoms with Gasteiger partial charge in [0.2, 0.25) is 0 Å². The SMILES string of the molecule is CCOC(=O)Cc1cccc(CN2CCN(c3nc4ccc(C(F)(F)F)cc4s3)[C@H](CC)C2)c1. The number of hydrogen-bond donors (Lipinski definition) is 0. The minimum absolute atomic E-state index is 0.221. The van der Waals surface area contributed by atoms with E-state index >= 15 is 0 Å². The first-order chi connectivity index (χ1) is 16.3. The number of esters is 1. The van der Waals surface area contributed by atoms with Crippen molar-refractivity contribution in [2.24, 2.45) is 0 Å². The molecule has 0 aliphatic carbocycles. The number of nitrogens with zero attached hydrogens (tertiary/aromatic N) is 3. The Balaban J connectivity index is 1.44.